The third kappa shape index (κ3) is 3.55. The van der Waals surface area contributed by atoms with Gasteiger partial charge in [-0.25, -0.2) is 0 Å². The summed E-state index contributed by atoms with van der Waals surface area (Å²) in [4.78, 5) is 5.50. The summed E-state index contributed by atoms with van der Waals surface area (Å²) < 4.78 is 5.87. The smallest absolute Gasteiger partial charge is 0.0678 e. The van der Waals surface area contributed by atoms with Gasteiger partial charge in [-0.3, -0.25) is 4.90 Å². The number of ether oxygens (including phenoxy) is 1. The number of hydrogen-bond acceptors (Lipinski definition) is 3. The maximum Gasteiger partial charge on any atom is 0.0678 e. The highest BCUT2D eigenvalue weighted by atomic mass is 16.5. The molecule has 2 aliphatic heterocycles. The first kappa shape index (κ1) is 14.8. The van der Waals surface area contributed by atoms with Crippen LogP contribution in [0.25, 0.3) is 0 Å². The van der Waals surface area contributed by atoms with Crippen molar-refractivity contribution in [2.75, 3.05) is 26.2 Å². The summed E-state index contributed by atoms with van der Waals surface area (Å²) in [5.41, 5.74) is 0. The van der Waals surface area contributed by atoms with Crippen LogP contribution in [-0.2, 0) is 4.74 Å². The van der Waals surface area contributed by atoms with Gasteiger partial charge in [-0.05, 0) is 52.6 Å². The van der Waals surface area contributed by atoms with Gasteiger partial charge in [-0.15, -0.1) is 0 Å². The van der Waals surface area contributed by atoms with E-state index in [0.717, 1.165) is 25.2 Å². The fourth-order valence-electron chi connectivity index (χ4n) is 4.58. The molecule has 2 heterocycles. The Morgan fingerprint density at radius 3 is 1.85 bits per heavy atom. The fourth-order valence-corrected chi connectivity index (χ4v) is 4.58. The Bertz CT molecular complexity index is 285. The van der Waals surface area contributed by atoms with Crippen molar-refractivity contribution in [1.29, 1.82) is 0 Å². The molecule has 116 valence electrons. The summed E-state index contributed by atoms with van der Waals surface area (Å²) in [5, 5.41) is 0. The van der Waals surface area contributed by atoms with Gasteiger partial charge >= 0.3 is 0 Å². The number of likely N-dealkylation sites (tertiary alicyclic amines) is 1. The zero-order valence-electron chi connectivity index (χ0n) is 13.4. The number of nitrogens with zero attached hydrogens (tertiary/aromatic N) is 2. The molecule has 0 aromatic rings. The lowest BCUT2D eigenvalue weighted by atomic mass is 9.91. The highest BCUT2D eigenvalue weighted by Crippen LogP contribution is 2.27. The first-order valence-electron chi connectivity index (χ1n) is 8.86. The minimum Gasteiger partial charge on any atom is -0.373 e. The maximum atomic E-state index is 5.87. The van der Waals surface area contributed by atoms with Gasteiger partial charge in [0.1, 0.15) is 0 Å². The van der Waals surface area contributed by atoms with Crippen molar-refractivity contribution >= 4 is 0 Å². The van der Waals surface area contributed by atoms with Gasteiger partial charge in [0.05, 0.1) is 12.2 Å². The normalized spacial score (nSPS) is 36.3. The summed E-state index contributed by atoms with van der Waals surface area (Å²) in [6.07, 6.45) is 10.9. The van der Waals surface area contributed by atoms with E-state index in [1.54, 1.807) is 0 Å². The molecule has 3 fully saturated rings. The summed E-state index contributed by atoms with van der Waals surface area (Å²) in [7, 11) is 0. The van der Waals surface area contributed by atoms with Gasteiger partial charge in [-0.2, -0.15) is 0 Å². The maximum absolute atomic E-state index is 5.87. The average molecular weight is 280 g/mol. The Balaban J connectivity index is 1.48. The van der Waals surface area contributed by atoms with Gasteiger partial charge < -0.3 is 9.64 Å². The van der Waals surface area contributed by atoms with Crippen LogP contribution in [0, 0.1) is 0 Å². The van der Waals surface area contributed by atoms with Gasteiger partial charge in [0, 0.05) is 25.2 Å². The second-order valence-electron chi connectivity index (χ2n) is 7.27. The molecule has 3 nitrogen and oxygen atoms in total. The van der Waals surface area contributed by atoms with Crippen molar-refractivity contribution in [2.24, 2.45) is 0 Å². The van der Waals surface area contributed by atoms with E-state index in [1.165, 1.54) is 58.0 Å². The highest BCUT2D eigenvalue weighted by molar-refractivity contribution is 4.87. The monoisotopic (exact) mass is 280 g/mol. The van der Waals surface area contributed by atoms with Crippen LogP contribution in [0.4, 0.5) is 0 Å². The summed E-state index contributed by atoms with van der Waals surface area (Å²) in [6, 6.07) is 1.72. The van der Waals surface area contributed by atoms with Crippen LogP contribution in [0.2, 0.25) is 0 Å². The Labute approximate surface area is 124 Å². The third-order valence-corrected chi connectivity index (χ3v) is 5.55. The molecule has 2 saturated heterocycles. The van der Waals surface area contributed by atoms with Crippen molar-refractivity contribution in [1.82, 2.24) is 9.80 Å². The standard InChI is InChI=1S/C17H32N2O/c1-14-12-19(13-15(2)20-14)17-8-10-18(11-9-17)16-6-4-3-5-7-16/h14-17H,3-13H2,1-2H3. The number of piperidine rings is 1. The van der Waals surface area contributed by atoms with Gasteiger partial charge in [-0.1, -0.05) is 19.3 Å². The zero-order valence-corrected chi connectivity index (χ0v) is 13.4. The molecule has 0 aromatic carbocycles. The van der Waals surface area contributed by atoms with E-state index >= 15 is 0 Å². The topological polar surface area (TPSA) is 15.7 Å². The van der Waals surface area contributed by atoms with Crippen molar-refractivity contribution in [3.05, 3.63) is 0 Å². The number of hydrogen-bond donors (Lipinski definition) is 0. The predicted octanol–water partition coefficient (Wildman–Crippen LogP) is 2.89. The van der Waals surface area contributed by atoms with E-state index < -0.39 is 0 Å². The van der Waals surface area contributed by atoms with Gasteiger partial charge in [0.2, 0.25) is 0 Å². The third-order valence-electron chi connectivity index (χ3n) is 5.55. The van der Waals surface area contributed by atoms with Crippen LogP contribution in [0.15, 0.2) is 0 Å². The van der Waals surface area contributed by atoms with Crippen molar-refractivity contribution < 1.29 is 4.74 Å². The Morgan fingerprint density at radius 2 is 1.25 bits per heavy atom. The van der Waals surface area contributed by atoms with Crippen LogP contribution in [0.3, 0.4) is 0 Å². The second-order valence-corrected chi connectivity index (χ2v) is 7.27. The van der Waals surface area contributed by atoms with Crippen LogP contribution in [0.5, 0.6) is 0 Å². The van der Waals surface area contributed by atoms with Crippen LogP contribution < -0.4 is 0 Å². The molecule has 2 atom stereocenters. The van der Waals surface area contributed by atoms with Crippen molar-refractivity contribution in [3.8, 4) is 0 Å². The lowest BCUT2D eigenvalue weighted by Gasteiger charge is -2.45. The summed E-state index contributed by atoms with van der Waals surface area (Å²) in [5.74, 6) is 0. The van der Waals surface area contributed by atoms with E-state index in [2.05, 4.69) is 23.6 Å². The Kier molecular flexibility index (Phi) is 5.00. The molecule has 0 aromatic heterocycles. The van der Waals surface area contributed by atoms with E-state index in [4.69, 9.17) is 4.74 Å². The van der Waals surface area contributed by atoms with E-state index in [9.17, 15) is 0 Å². The SMILES string of the molecule is CC1CN(C2CCN(C3CCCCC3)CC2)CC(C)O1. The average Bonchev–Trinajstić information content (AvgIpc) is 2.47. The molecule has 2 unspecified atom stereocenters. The molecule has 0 radical (unpaired) electrons. The van der Waals surface area contributed by atoms with Gasteiger partial charge in [0.25, 0.3) is 0 Å². The minimum absolute atomic E-state index is 0.412. The molecular formula is C17H32N2O. The van der Waals surface area contributed by atoms with Crippen molar-refractivity contribution in [2.45, 2.75) is 83.1 Å². The molecule has 20 heavy (non-hydrogen) atoms. The Hall–Kier alpha value is -0.120. The molecule has 1 saturated carbocycles. The molecule has 0 amide bonds. The molecular weight excluding hydrogens is 248 g/mol. The van der Waals surface area contributed by atoms with E-state index in [0.29, 0.717) is 12.2 Å². The number of morpholine rings is 1. The van der Waals surface area contributed by atoms with Crippen LogP contribution in [0.1, 0.15) is 58.8 Å². The lowest BCUT2D eigenvalue weighted by molar-refractivity contribution is -0.0877. The van der Waals surface area contributed by atoms with Crippen molar-refractivity contribution in [3.63, 3.8) is 0 Å². The predicted molar refractivity (Wildman–Crippen MR) is 83.1 cm³/mol. The molecule has 3 heteroatoms. The first-order chi connectivity index (χ1) is 9.72. The quantitative estimate of drug-likeness (QED) is 0.773. The highest BCUT2D eigenvalue weighted by Gasteiger charge is 2.32. The number of rotatable bonds is 2. The summed E-state index contributed by atoms with van der Waals surface area (Å²) >= 11 is 0. The molecule has 1 aliphatic carbocycles. The fraction of sp³-hybridized carbons (Fsp3) is 1.00. The lowest BCUT2D eigenvalue weighted by Crippen LogP contribution is -2.54. The minimum atomic E-state index is 0.412. The first-order valence-corrected chi connectivity index (χ1v) is 8.86. The van der Waals surface area contributed by atoms with Gasteiger partial charge in [0.15, 0.2) is 0 Å². The molecule has 0 spiro atoms. The Morgan fingerprint density at radius 1 is 0.700 bits per heavy atom. The molecule has 3 rings (SSSR count). The van der Waals surface area contributed by atoms with Crippen LogP contribution in [-0.4, -0.2) is 60.3 Å². The largest absolute Gasteiger partial charge is 0.373 e. The molecule has 0 bridgehead atoms. The molecule has 0 N–H and O–H groups in total. The molecule has 3 aliphatic rings. The van der Waals surface area contributed by atoms with E-state index in [-0.39, 0.29) is 0 Å². The zero-order chi connectivity index (χ0) is 13.9. The van der Waals surface area contributed by atoms with E-state index in [1.807, 2.05) is 0 Å². The summed E-state index contributed by atoms with van der Waals surface area (Å²) in [6.45, 7) is 9.38. The van der Waals surface area contributed by atoms with Crippen LogP contribution >= 0.6 is 0 Å². The second kappa shape index (κ2) is 6.76.